The molecule has 0 spiro atoms. The molecule has 0 atom stereocenters. The Morgan fingerprint density at radius 2 is 1.73 bits per heavy atom. The zero-order chi connectivity index (χ0) is 18.4. The van der Waals surface area contributed by atoms with Gasteiger partial charge in [0.2, 0.25) is 0 Å². The molecule has 26 heavy (non-hydrogen) atoms. The minimum absolute atomic E-state index is 0.195. The lowest BCUT2D eigenvalue weighted by atomic mass is 10.0. The molecule has 1 aromatic carbocycles. The number of aromatic nitrogens is 2. The normalized spacial score (nSPS) is 10.6. The molecular weight excluding hydrogens is 324 g/mol. The summed E-state index contributed by atoms with van der Waals surface area (Å²) in [6.45, 7) is 4.78. The van der Waals surface area contributed by atoms with E-state index in [-0.39, 0.29) is 5.91 Å². The van der Waals surface area contributed by atoms with Gasteiger partial charge in [-0.3, -0.25) is 9.78 Å². The summed E-state index contributed by atoms with van der Waals surface area (Å²) in [5.41, 5.74) is 3.38. The molecule has 0 aliphatic carbocycles. The number of nitrogens with one attached hydrogen (secondary N) is 2. The summed E-state index contributed by atoms with van der Waals surface area (Å²) in [6.07, 6.45) is 3.40. The number of rotatable bonds is 6. The predicted molar refractivity (Wildman–Crippen MR) is 104 cm³/mol. The Balaban J connectivity index is 1.71. The third-order valence-corrected chi connectivity index (χ3v) is 4.05. The Bertz CT molecular complexity index is 861. The molecule has 0 unspecified atom stereocenters. The summed E-state index contributed by atoms with van der Waals surface area (Å²) in [7, 11) is 0. The first-order valence-corrected chi connectivity index (χ1v) is 8.63. The zero-order valence-electron chi connectivity index (χ0n) is 14.9. The number of carbonyl (C=O) groups is 1. The van der Waals surface area contributed by atoms with Crippen molar-refractivity contribution < 1.29 is 4.79 Å². The fourth-order valence-corrected chi connectivity index (χ4v) is 2.56. The van der Waals surface area contributed by atoms with Gasteiger partial charge in [-0.2, -0.15) is 0 Å². The minimum atomic E-state index is -0.195. The van der Waals surface area contributed by atoms with E-state index in [1.807, 2.05) is 42.5 Å². The average molecular weight is 346 g/mol. The second kappa shape index (κ2) is 8.25. The highest BCUT2D eigenvalue weighted by Gasteiger charge is 2.12. The van der Waals surface area contributed by atoms with Gasteiger partial charge in [0.05, 0.1) is 17.8 Å². The summed E-state index contributed by atoms with van der Waals surface area (Å²) in [5, 5.41) is 6.11. The average Bonchev–Trinajstić information content (AvgIpc) is 2.68. The number of hydrogen-bond donors (Lipinski definition) is 2. The van der Waals surface area contributed by atoms with Gasteiger partial charge in [0.1, 0.15) is 5.82 Å². The van der Waals surface area contributed by atoms with Gasteiger partial charge in [-0.1, -0.05) is 32.0 Å². The van der Waals surface area contributed by atoms with Crippen LogP contribution in [0.15, 0.2) is 67.0 Å². The van der Waals surface area contributed by atoms with Gasteiger partial charge in [-0.05, 0) is 47.9 Å². The molecule has 0 saturated carbocycles. The molecule has 1 amide bonds. The lowest BCUT2D eigenvalue weighted by Gasteiger charge is -2.12. The molecule has 0 aliphatic rings. The lowest BCUT2D eigenvalue weighted by Crippen LogP contribution is -2.16. The number of anilines is 2. The molecule has 0 saturated heterocycles. The smallest absolute Gasteiger partial charge is 0.259 e. The third-order valence-electron chi connectivity index (χ3n) is 4.05. The Kier molecular flexibility index (Phi) is 5.59. The van der Waals surface area contributed by atoms with E-state index < -0.39 is 0 Å². The fraction of sp³-hybridized carbons (Fsp3) is 0.190. The Labute approximate surface area is 153 Å². The molecule has 5 heteroatoms. The molecule has 0 aliphatic heterocycles. The maximum atomic E-state index is 12.7. The first kappa shape index (κ1) is 17.6. The van der Waals surface area contributed by atoms with Crippen LogP contribution < -0.4 is 10.6 Å². The minimum Gasteiger partial charge on any atom is -0.364 e. The van der Waals surface area contributed by atoms with Crippen LogP contribution in [-0.4, -0.2) is 15.9 Å². The van der Waals surface area contributed by atoms with Gasteiger partial charge in [0.25, 0.3) is 5.91 Å². The molecule has 0 fully saturated rings. The number of nitrogens with zero attached hydrogens (tertiary/aromatic N) is 2. The Morgan fingerprint density at radius 1 is 0.962 bits per heavy atom. The number of carbonyl (C=O) groups excluding carboxylic acids is 1. The van der Waals surface area contributed by atoms with Crippen molar-refractivity contribution in [1.82, 2.24) is 9.97 Å². The third kappa shape index (κ3) is 4.45. The van der Waals surface area contributed by atoms with E-state index in [4.69, 9.17) is 0 Å². The molecule has 132 valence electrons. The van der Waals surface area contributed by atoms with Crippen LogP contribution in [0.3, 0.4) is 0 Å². The van der Waals surface area contributed by atoms with E-state index in [1.54, 1.807) is 24.5 Å². The van der Waals surface area contributed by atoms with Gasteiger partial charge in [0, 0.05) is 18.1 Å². The largest absolute Gasteiger partial charge is 0.364 e. The summed E-state index contributed by atoms with van der Waals surface area (Å²) < 4.78 is 0. The quantitative estimate of drug-likeness (QED) is 0.691. The molecule has 2 aromatic heterocycles. The van der Waals surface area contributed by atoms with Crippen molar-refractivity contribution in [2.24, 2.45) is 0 Å². The van der Waals surface area contributed by atoms with Crippen molar-refractivity contribution >= 4 is 17.4 Å². The van der Waals surface area contributed by atoms with E-state index in [9.17, 15) is 4.79 Å². The monoisotopic (exact) mass is 346 g/mol. The van der Waals surface area contributed by atoms with Crippen LogP contribution in [0.4, 0.5) is 11.5 Å². The maximum Gasteiger partial charge on any atom is 0.259 e. The van der Waals surface area contributed by atoms with Crippen molar-refractivity contribution in [2.45, 2.75) is 26.3 Å². The van der Waals surface area contributed by atoms with E-state index in [0.29, 0.717) is 23.8 Å². The molecule has 0 radical (unpaired) electrons. The number of pyridine rings is 2. The van der Waals surface area contributed by atoms with E-state index in [2.05, 4.69) is 34.4 Å². The highest BCUT2D eigenvalue weighted by Crippen LogP contribution is 2.19. The summed E-state index contributed by atoms with van der Waals surface area (Å²) in [6, 6.07) is 17.1. The Morgan fingerprint density at radius 3 is 2.42 bits per heavy atom. The molecule has 3 aromatic rings. The van der Waals surface area contributed by atoms with Crippen LogP contribution in [0, 0.1) is 0 Å². The summed E-state index contributed by atoms with van der Waals surface area (Å²) >= 11 is 0. The van der Waals surface area contributed by atoms with Crippen molar-refractivity contribution in [3.05, 3.63) is 83.8 Å². The van der Waals surface area contributed by atoms with Gasteiger partial charge >= 0.3 is 0 Å². The number of hydrogen-bond acceptors (Lipinski definition) is 4. The van der Waals surface area contributed by atoms with Crippen molar-refractivity contribution in [3.8, 4) is 0 Å². The topological polar surface area (TPSA) is 66.9 Å². The van der Waals surface area contributed by atoms with Gasteiger partial charge < -0.3 is 10.6 Å². The molecular formula is C21H22N4O. The molecule has 3 rings (SSSR count). The van der Waals surface area contributed by atoms with Gasteiger partial charge in [-0.25, -0.2) is 4.98 Å². The zero-order valence-corrected chi connectivity index (χ0v) is 14.9. The van der Waals surface area contributed by atoms with Crippen LogP contribution in [0.1, 0.15) is 41.4 Å². The lowest BCUT2D eigenvalue weighted by molar-refractivity contribution is 0.102. The standard InChI is InChI=1S/C21H22N4O/c1-15(2)16-8-10-17(11-9-16)25-21(26)19-7-5-13-23-20(19)24-14-18-6-3-4-12-22-18/h3-13,15H,14H2,1-2H3,(H,23,24)(H,25,26). The van der Waals surface area contributed by atoms with E-state index >= 15 is 0 Å². The molecule has 2 N–H and O–H groups in total. The first-order chi connectivity index (χ1) is 12.6. The highest BCUT2D eigenvalue weighted by molar-refractivity contribution is 6.07. The van der Waals surface area contributed by atoms with E-state index in [1.165, 1.54) is 5.56 Å². The highest BCUT2D eigenvalue weighted by atomic mass is 16.1. The van der Waals surface area contributed by atoms with Crippen molar-refractivity contribution in [2.75, 3.05) is 10.6 Å². The van der Waals surface area contributed by atoms with Crippen molar-refractivity contribution in [1.29, 1.82) is 0 Å². The van der Waals surface area contributed by atoms with Gasteiger partial charge in [0.15, 0.2) is 0 Å². The Hall–Kier alpha value is -3.21. The molecule has 5 nitrogen and oxygen atoms in total. The number of amides is 1. The predicted octanol–water partition coefficient (Wildman–Crippen LogP) is 4.46. The van der Waals surface area contributed by atoms with Crippen LogP contribution in [0.25, 0.3) is 0 Å². The number of benzene rings is 1. The second-order valence-electron chi connectivity index (χ2n) is 6.31. The SMILES string of the molecule is CC(C)c1ccc(NC(=O)c2cccnc2NCc2ccccn2)cc1. The van der Waals surface area contributed by atoms with Crippen molar-refractivity contribution in [3.63, 3.8) is 0 Å². The van der Waals surface area contributed by atoms with Crippen LogP contribution in [-0.2, 0) is 6.54 Å². The second-order valence-corrected chi connectivity index (χ2v) is 6.31. The van der Waals surface area contributed by atoms with Gasteiger partial charge in [-0.15, -0.1) is 0 Å². The van der Waals surface area contributed by atoms with Crippen LogP contribution in [0.5, 0.6) is 0 Å². The summed E-state index contributed by atoms with van der Waals surface area (Å²) in [4.78, 5) is 21.2. The summed E-state index contributed by atoms with van der Waals surface area (Å²) in [5.74, 6) is 0.800. The molecule has 0 bridgehead atoms. The van der Waals surface area contributed by atoms with Crippen LogP contribution in [0.2, 0.25) is 0 Å². The van der Waals surface area contributed by atoms with E-state index in [0.717, 1.165) is 11.4 Å². The first-order valence-electron chi connectivity index (χ1n) is 8.63. The molecule has 2 heterocycles. The fourth-order valence-electron chi connectivity index (χ4n) is 2.56. The maximum absolute atomic E-state index is 12.7. The van der Waals surface area contributed by atoms with Crippen LogP contribution >= 0.6 is 0 Å².